The average Bonchev–Trinajstić information content (AvgIpc) is 3.59. The van der Waals surface area contributed by atoms with Gasteiger partial charge in [-0.05, 0) is 69.3 Å². The molecular formula is C32H37F2N7O2. The van der Waals surface area contributed by atoms with Crippen molar-refractivity contribution in [3.8, 4) is 11.5 Å². The van der Waals surface area contributed by atoms with Crippen LogP contribution in [0.5, 0.6) is 0 Å². The predicted molar refractivity (Wildman–Crippen MR) is 160 cm³/mol. The highest BCUT2D eigenvalue weighted by Gasteiger charge is 2.42. The standard InChI is InChI=1S/C32H37F2N7O2/c1-17-24-8-7-19-13-28(41(29(19)37-24)11-5-3-4-6-18-12-20(18)31(42)36-17)30-38-25-14-21(23(34)15-27(25)40(30)2)32(43)39-26-16-35-10-9-22(26)33/h7-8,13-15,17-18,20,22,26,35H,3-6,9-12,16H2,1-2H3,(H,36,42)(H,39,43)/t17-,18+,20-,22+,26+/m1/s1. The average molecular weight is 590 g/mol. The van der Waals surface area contributed by atoms with E-state index in [0.717, 1.165) is 61.1 Å². The Morgan fingerprint density at radius 1 is 1.12 bits per heavy atom. The fourth-order valence-corrected chi connectivity index (χ4v) is 6.76. The van der Waals surface area contributed by atoms with Crippen molar-refractivity contribution in [3.63, 3.8) is 0 Å². The highest BCUT2D eigenvalue weighted by Crippen LogP contribution is 2.43. The van der Waals surface area contributed by atoms with Gasteiger partial charge in [-0.1, -0.05) is 12.8 Å². The van der Waals surface area contributed by atoms with Gasteiger partial charge >= 0.3 is 0 Å². The molecule has 1 aromatic carbocycles. The number of rotatable bonds is 3. The van der Waals surface area contributed by atoms with Crippen LogP contribution in [0.2, 0.25) is 0 Å². The minimum Gasteiger partial charge on any atom is -0.348 e. The summed E-state index contributed by atoms with van der Waals surface area (Å²) in [6.07, 6.45) is 4.24. The van der Waals surface area contributed by atoms with Crippen LogP contribution in [0.15, 0.2) is 30.3 Å². The minimum absolute atomic E-state index is 0.118. The molecule has 1 aliphatic carbocycles. The van der Waals surface area contributed by atoms with Crippen LogP contribution in [0, 0.1) is 17.7 Å². The van der Waals surface area contributed by atoms with Crippen LogP contribution >= 0.6 is 0 Å². The summed E-state index contributed by atoms with van der Waals surface area (Å²) in [4.78, 5) is 35.7. The molecule has 2 aliphatic heterocycles. The molecule has 2 fully saturated rings. The van der Waals surface area contributed by atoms with E-state index >= 15 is 4.39 Å². The molecule has 43 heavy (non-hydrogen) atoms. The number of nitrogens with one attached hydrogen (secondary N) is 3. The van der Waals surface area contributed by atoms with Gasteiger partial charge in [-0.15, -0.1) is 0 Å². The molecule has 5 heterocycles. The van der Waals surface area contributed by atoms with Gasteiger partial charge in [0.2, 0.25) is 5.91 Å². The quantitative estimate of drug-likeness (QED) is 0.325. The van der Waals surface area contributed by atoms with Crippen molar-refractivity contribution in [3.05, 3.63) is 47.4 Å². The Kier molecular flexibility index (Phi) is 7.15. The van der Waals surface area contributed by atoms with Crippen LogP contribution in [0.25, 0.3) is 33.6 Å². The van der Waals surface area contributed by atoms with Crippen LogP contribution in [0.1, 0.15) is 67.5 Å². The molecule has 0 radical (unpaired) electrons. The number of hydrogen-bond acceptors (Lipinski definition) is 5. The molecule has 2 amide bonds. The third-order valence-electron chi connectivity index (χ3n) is 9.44. The Labute approximate surface area is 248 Å². The van der Waals surface area contributed by atoms with Crippen molar-refractivity contribution in [1.82, 2.24) is 35.1 Å². The lowest BCUT2D eigenvalue weighted by Gasteiger charge is -2.27. The number of fused-ring (bicyclic) bond motifs is 3. The zero-order valence-corrected chi connectivity index (χ0v) is 24.5. The van der Waals surface area contributed by atoms with Gasteiger partial charge in [0.05, 0.1) is 40.1 Å². The highest BCUT2D eigenvalue weighted by molar-refractivity contribution is 5.98. The molecule has 5 atom stereocenters. The topological polar surface area (TPSA) is 106 Å². The van der Waals surface area contributed by atoms with Crippen LogP contribution in [-0.4, -0.2) is 56.2 Å². The molecule has 3 aromatic heterocycles. The third-order valence-corrected chi connectivity index (χ3v) is 9.44. The molecule has 11 heteroatoms. The minimum atomic E-state index is -1.18. The highest BCUT2D eigenvalue weighted by atomic mass is 19.1. The number of carbonyl (C=O) groups is 2. The maximum atomic E-state index is 15.3. The second kappa shape index (κ2) is 11.0. The third kappa shape index (κ3) is 5.17. The van der Waals surface area contributed by atoms with Gasteiger partial charge in [-0.25, -0.2) is 18.7 Å². The molecular weight excluding hydrogens is 552 g/mol. The molecule has 7 rings (SSSR count). The molecule has 9 nitrogen and oxygen atoms in total. The first kappa shape index (κ1) is 27.9. The van der Waals surface area contributed by atoms with E-state index in [1.54, 1.807) is 0 Å². The number of aromatic nitrogens is 4. The number of amides is 2. The monoisotopic (exact) mass is 589 g/mol. The predicted octanol–water partition coefficient (Wildman–Crippen LogP) is 4.55. The van der Waals surface area contributed by atoms with E-state index in [1.165, 1.54) is 12.1 Å². The van der Waals surface area contributed by atoms with Crippen molar-refractivity contribution in [2.75, 3.05) is 13.1 Å². The summed E-state index contributed by atoms with van der Waals surface area (Å²) in [5, 5.41) is 9.83. The Hall–Kier alpha value is -3.86. The molecule has 1 saturated carbocycles. The van der Waals surface area contributed by atoms with Crippen LogP contribution in [0.3, 0.4) is 0 Å². The summed E-state index contributed by atoms with van der Waals surface area (Å²) in [6, 6.07) is 7.87. The largest absolute Gasteiger partial charge is 0.348 e. The molecule has 0 spiro atoms. The maximum Gasteiger partial charge on any atom is 0.254 e. The number of imidazole rings is 1. The first-order valence-corrected chi connectivity index (χ1v) is 15.4. The molecule has 1 saturated heterocycles. The summed E-state index contributed by atoms with van der Waals surface area (Å²) in [5.41, 5.74) is 3.34. The van der Waals surface area contributed by atoms with Crippen LogP contribution in [0.4, 0.5) is 8.78 Å². The second-order valence-corrected chi connectivity index (χ2v) is 12.4. The van der Waals surface area contributed by atoms with Crippen molar-refractivity contribution in [2.24, 2.45) is 18.9 Å². The van der Waals surface area contributed by atoms with E-state index in [1.807, 2.05) is 36.7 Å². The zero-order chi connectivity index (χ0) is 29.8. The first-order valence-electron chi connectivity index (χ1n) is 15.4. The first-order chi connectivity index (χ1) is 20.8. The second-order valence-electron chi connectivity index (χ2n) is 12.4. The number of carbonyl (C=O) groups excluding carboxylic acids is 2. The number of nitrogens with zero attached hydrogens (tertiary/aromatic N) is 4. The molecule has 226 valence electrons. The Morgan fingerprint density at radius 3 is 2.81 bits per heavy atom. The smallest absolute Gasteiger partial charge is 0.254 e. The number of benzene rings is 1. The van der Waals surface area contributed by atoms with Gasteiger partial charge in [-0.2, -0.15) is 0 Å². The summed E-state index contributed by atoms with van der Waals surface area (Å²) in [7, 11) is 1.84. The number of piperidine rings is 1. The molecule has 2 bridgehead atoms. The van der Waals surface area contributed by atoms with Gasteiger partial charge in [0.25, 0.3) is 5.91 Å². The summed E-state index contributed by atoms with van der Waals surface area (Å²) < 4.78 is 33.6. The number of pyridine rings is 1. The number of halogens is 2. The van der Waals surface area contributed by atoms with E-state index in [9.17, 15) is 14.0 Å². The van der Waals surface area contributed by atoms with Crippen molar-refractivity contribution in [1.29, 1.82) is 0 Å². The van der Waals surface area contributed by atoms with Crippen LogP contribution < -0.4 is 16.0 Å². The van der Waals surface area contributed by atoms with E-state index in [2.05, 4.69) is 20.5 Å². The zero-order valence-electron chi connectivity index (χ0n) is 24.5. The Morgan fingerprint density at radius 2 is 1.98 bits per heavy atom. The number of aryl methyl sites for hydroxylation is 2. The molecule has 3 N–H and O–H groups in total. The lowest BCUT2D eigenvalue weighted by atomic mass is 10.0. The van der Waals surface area contributed by atoms with Crippen molar-refractivity contribution >= 4 is 33.9 Å². The van der Waals surface area contributed by atoms with Gasteiger partial charge in [0.1, 0.15) is 17.6 Å². The summed E-state index contributed by atoms with van der Waals surface area (Å²) in [5.74, 6) is 0.0287. The number of alkyl halides is 1. The fraction of sp³-hybridized carbons (Fsp3) is 0.500. The van der Waals surface area contributed by atoms with Gasteiger partial charge in [0.15, 0.2) is 5.82 Å². The maximum absolute atomic E-state index is 15.3. The summed E-state index contributed by atoms with van der Waals surface area (Å²) >= 11 is 0. The van der Waals surface area contributed by atoms with E-state index < -0.39 is 23.9 Å². The lowest BCUT2D eigenvalue weighted by Crippen LogP contribution is -2.52. The van der Waals surface area contributed by atoms with E-state index in [-0.39, 0.29) is 23.4 Å². The Bertz CT molecular complexity index is 1730. The van der Waals surface area contributed by atoms with Crippen molar-refractivity contribution < 1.29 is 18.4 Å². The number of hydrogen-bond donors (Lipinski definition) is 3. The van der Waals surface area contributed by atoms with E-state index in [0.29, 0.717) is 42.3 Å². The summed E-state index contributed by atoms with van der Waals surface area (Å²) in [6.45, 7) is 3.57. The van der Waals surface area contributed by atoms with Gasteiger partial charge in [-0.3, -0.25) is 9.59 Å². The van der Waals surface area contributed by atoms with E-state index in [4.69, 9.17) is 9.97 Å². The molecule has 4 aromatic rings. The lowest BCUT2D eigenvalue weighted by molar-refractivity contribution is -0.123. The fourth-order valence-electron chi connectivity index (χ4n) is 6.76. The Balaban J connectivity index is 1.25. The van der Waals surface area contributed by atoms with Crippen molar-refractivity contribution in [2.45, 2.75) is 70.2 Å². The van der Waals surface area contributed by atoms with Gasteiger partial charge < -0.3 is 25.1 Å². The molecule has 3 aliphatic rings. The van der Waals surface area contributed by atoms with Crippen LogP contribution in [-0.2, 0) is 18.4 Å². The normalized spacial score (nSPS) is 26.2. The SMILES string of the molecule is C[C@H]1NC(=O)[C@@H]2C[C@@H]2CCCCCn2c(-c3nc4cc(C(=O)N[C@H]5CNCC[C@@H]5F)c(F)cc4n3C)cc3ccc1nc32. The van der Waals surface area contributed by atoms with Gasteiger partial charge in [0, 0.05) is 37.5 Å². The molecule has 0 unspecified atom stereocenters.